The molecular weight excluding hydrogens is 262 g/mol. The number of imidazole rings is 1. The SMILES string of the molecule is CN(Cc1nccn1C)c1cc(CNC(C)(C)C)ccn1. The summed E-state index contributed by atoms with van der Waals surface area (Å²) in [5, 5.41) is 3.50. The summed E-state index contributed by atoms with van der Waals surface area (Å²) in [7, 11) is 4.05. The molecule has 2 rings (SSSR count). The molecule has 0 saturated carbocycles. The van der Waals surface area contributed by atoms with E-state index in [0.717, 1.165) is 24.7 Å². The van der Waals surface area contributed by atoms with Crippen LogP contribution in [-0.2, 0) is 20.1 Å². The van der Waals surface area contributed by atoms with Gasteiger partial charge in [-0.15, -0.1) is 0 Å². The third kappa shape index (κ3) is 4.56. The minimum atomic E-state index is 0.113. The van der Waals surface area contributed by atoms with Crippen LogP contribution in [0.5, 0.6) is 0 Å². The maximum Gasteiger partial charge on any atom is 0.128 e. The Hall–Kier alpha value is -1.88. The molecule has 0 aliphatic carbocycles. The lowest BCUT2D eigenvalue weighted by Crippen LogP contribution is -2.35. The molecule has 5 heteroatoms. The van der Waals surface area contributed by atoms with Crippen LogP contribution in [0.25, 0.3) is 0 Å². The first-order chi connectivity index (χ1) is 9.85. The fraction of sp³-hybridized carbons (Fsp3) is 0.500. The number of aromatic nitrogens is 3. The van der Waals surface area contributed by atoms with Crippen molar-refractivity contribution in [1.82, 2.24) is 19.9 Å². The molecule has 0 saturated heterocycles. The lowest BCUT2D eigenvalue weighted by atomic mass is 10.1. The normalized spacial score (nSPS) is 11.7. The average Bonchev–Trinajstić information content (AvgIpc) is 2.81. The predicted molar refractivity (Wildman–Crippen MR) is 86.1 cm³/mol. The molecule has 0 amide bonds. The summed E-state index contributed by atoms with van der Waals surface area (Å²) in [6.07, 6.45) is 5.64. The second-order valence-electron chi connectivity index (χ2n) is 6.44. The zero-order chi connectivity index (χ0) is 15.5. The molecule has 21 heavy (non-hydrogen) atoms. The highest BCUT2D eigenvalue weighted by atomic mass is 15.2. The summed E-state index contributed by atoms with van der Waals surface area (Å²) in [5.74, 6) is 1.99. The Balaban J connectivity index is 2.04. The predicted octanol–water partition coefficient (Wildman–Crippen LogP) is 2.34. The number of pyridine rings is 1. The van der Waals surface area contributed by atoms with E-state index in [4.69, 9.17) is 0 Å². The van der Waals surface area contributed by atoms with E-state index in [2.05, 4.69) is 53.1 Å². The molecule has 0 atom stereocenters. The van der Waals surface area contributed by atoms with Gasteiger partial charge in [0.1, 0.15) is 11.6 Å². The van der Waals surface area contributed by atoms with Gasteiger partial charge in [-0.25, -0.2) is 9.97 Å². The van der Waals surface area contributed by atoms with E-state index >= 15 is 0 Å². The van der Waals surface area contributed by atoms with E-state index in [1.54, 1.807) is 0 Å². The Morgan fingerprint density at radius 3 is 2.62 bits per heavy atom. The number of nitrogens with zero attached hydrogens (tertiary/aromatic N) is 4. The van der Waals surface area contributed by atoms with E-state index in [0.29, 0.717) is 0 Å². The second kappa shape index (κ2) is 6.26. The van der Waals surface area contributed by atoms with Crippen LogP contribution in [0.2, 0.25) is 0 Å². The Kier molecular flexibility index (Phi) is 4.63. The number of rotatable bonds is 5. The van der Waals surface area contributed by atoms with Crippen LogP contribution in [-0.4, -0.2) is 27.1 Å². The van der Waals surface area contributed by atoms with E-state index in [1.807, 2.05) is 37.3 Å². The molecule has 0 aromatic carbocycles. The van der Waals surface area contributed by atoms with Crippen LogP contribution in [0.1, 0.15) is 32.2 Å². The van der Waals surface area contributed by atoms with Gasteiger partial charge in [-0.1, -0.05) is 0 Å². The van der Waals surface area contributed by atoms with Crippen LogP contribution >= 0.6 is 0 Å². The van der Waals surface area contributed by atoms with Gasteiger partial charge in [0, 0.05) is 44.8 Å². The second-order valence-corrected chi connectivity index (χ2v) is 6.44. The maximum absolute atomic E-state index is 4.46. The van der Waals surface area contributed by atoms with Gasteiger partial charge in [-0.05, 0) is 38.5 Å². The van der Waals surface area contributed by atoms with Gasteiger partial charge < -0.3 is 14.8 Å². The Labute approximate surface area is 127 Å². The number of anilines is 1. The van der Waals surface area contributed by atoms with Gasteiger partial charge in [-0.3, -0.25) is 0 Å². The minimum Gasteiger partial charge on any atom is -0.352 e. The van der Waals surface area contributed by atoms with E-state index in [1.165, 1.54) is 5.56 Å². The zero-order valence-corrected chi connectivity index (χ0v) is 13.6. The molecule has 1 N–H and O–H groups in total. The Bertz CT molecular complexity index is 582. The van der Waals surface area contributed by atoms with Gasteiger partial charge in [0.05, 0.1) is 6.54 Å². The summed E-state index contributed by atoms with van der Waals surface area (Å²) in [6, 6.07) is 4.18. The number of aryl methyl sites for hydroxylation is 1. The average molecular weight is 287 g/mol. The first kappa shape index (κ1) is 15.5. The molecule has 2 heterocycles. The fourth-order valence-electron chi connectivity index (χ4n) is 1.99. The quantitative estimate of drug-likeness (QED) is 0.917. The molecule has 114 valence electrons. The summed E-state index contributed by atoms with van der Waals surface area (Å²) in [6.45, 7) is 8.09. The van der Waals surface area contributed by atoms with Gasteiger partial charge in [0.25, 0.3) is 0 Å². The Morgan fingerprint density at radius 1 is 1.24 bits per heavy atom. The summed E-state index contributed by atoms with van der Waals surface area (Å²) in [4.78, 5) is 10.9. The van der Waals surface area contributed by atoms with Crippen molar-refractivity contribution >= 4 is 5.82 Å². The standard InChI is InChI=1S/C16H25N5/c1-16(2,3)19-11-13-6-7-17-14(10-13)21(5)12-15-18-8-9-20(15)4/h6-10,19H,11-12H2,1-5H3. The van der Waals surface area contributed by atoms with E-state index in [9.17, 15) is 0 Å². The van der Waals surface area contributed by atoms with Crippen molar-refractivity contribution in [3.63, 3.8) is 0 Å². The van der Waals surface area contributed by atoms with Crippen LogP contribution in [0, 0.1) is 0 Å². The van der Waals surface area contributed by atoms with Crippen LogP contribution in [0.4, 0.5) is 5.82 Å². The van der Waals surface area contributed by atoms with Gasteiger partial charge in [-0.2, -0.15) is 0 Å². The van der Waals surface area contributed by atoms with Crippen molar-refractivity contribution in [1.29, 1.82) is 0 Å². The maximum atomic E-state index is 4.46. The highest BCUT2D eigenvalue weighted by Gasteiger charge is 2.10. The third-order valence-corrected chi connectivity index (χ3v) is 3.32. The molecule has 0 aliphatic heterocycles. The molecule has 0 radical (unpaired) electrons. The number of hydrogen-bond acceptors (Lipinski definition) is 4. The molecular formula is C16H25N5. The lowest BCUT2D eigenvalue weighted by Gasteiger charge is -2.22. The van der Waals surface area contributed by atoms with Crippen LogP contribution < -0.4 is 10.2 Å². The highest BCUT2D eigenvalue weighted by molar-refractivity contribution is 5.40. The largest absolute Gasteiger partial charge is 0.352 e. The third-order valence-electron chi connectivity index (χ3n) is 3.32. The van der Waals surface area contributed by atoms with Crippen molar-refractivity contribution in [2.45, 2.75) is 39.4 Å². The molecule has 0 aliphatic rings. The molecule has 2 aromatic heterocycles. The molecule has 0 bridgehead atoms. The number of hydrogen-bond donors (Lipinski definition) is 1. The molecule has 5 nitrogen and oxygen atoms in total. The van der Waals surface area contributed by atoms with Crippen LogP contribution in [0.15, 0.2) is 30.7 Å². The summed E-state index contributed by atoms with van der Waals surface area (Å²) in [5.41, 5.74) is 1.35. The van der Waals surface area contributed by atoms with E-state index < -0.39 is 0 Å². The Morgan fingerprint density at radius 2 is 2.00 bits per heavy atom. The fourth-order valence-corrected chi connectivity index (χ4v) is 1.99. The first-order valence-corrected chi connectivity index (χ1v) is 7.22. The highest BCUT2D eigenvalue weighted by Crippen LogP contribution is 2.14. The van der Waals surface area contributed by atoms with Crippen molar-refractivity contribution < 1.29 is 0 Å². The minimum absolute atomic E-state index is 0.113. The molecule has 0 unspecified atom stereocenters. The zero-order valence-electron chi connectivity index (χ0n) is 13.6. The van der Waals surface area contributed by atoms with Crippen molar-refractivity contribution in [3.8, 4) is 0 Å². The van der Waals surface area contributed by atoms with Crippen molar-refractivity contribution in [3.05, 3.63) is 42.1 Å². The summed E-state index contributed by atoms with van der Waals surface area (Å²) < 4.78 is 2.03. The van der Waals surface area contributed by atoms with Crippen LogP contribution in [0.3, 0.4) is 0 Å². The van der Waals surface area contributed by atoms with E-state index in [-0.39, 0.29) is 5.54 Å². The molecule has 0 fully saturated rings. The topological polar surface area (TPSA) is 46.0 Å². The van der Waals surface area contributed by atoms with Gasteiger partial charge in [0.2, 0.25) is 0 Å². The van der Waals surface area contributed by atoms with Gasteiger partial charge in [0.15, 0.2) is 0 Å². The lowest BCUT2D eigenvalue weighted by molar-refractivity contribution is 0.424. The van der Waals surface area contributed by atoms with Gasteiger partial charge >= 0.3 is 0 Å². The summed E-state index contributed by atoms with van der Waals surface area (Å²) >= 11 is 0. The van der Waals surface area contributed by atoms with Crippen molar-refractivity contribution in [2.24, 2.45) is 7.05 Å². The van der Waals surface area contributed by atoms with Crippen molar-refractivity contribution in [2.75, 3.05) is 11.9 Å². The molecule has 0 spiro atoms. The monoisotopic (exact) mass is 287 g/mol. The number of nitrogens with one attached hydrogen (secondary N) is 1. The first-order valence-electron chi connectivity index (χ1n) is 7.22. The smallest absolute Gasteiger partial charge is 0.128 e. The molecule has 2 aromatic rings.